The summed E-state index contributed by atoms with van der Waals surface area (Å²) in [6.07, 6.45) is 3.55. The molecule has 0 bridgehead atoms. The van der Waals surface area contributed by atoms with Crippen molar-refractivity contribution in [2.45, 2.75) is 12.8 Å². The summed E-state index contributed by atoms with van der Waals surface area (Å²) in [5.41, 5.74) is 2.56. The van der Waals surface area contributed by atoms with Crippen LogP contribution in [0.1, 0.15) is 18.4 Å². The number of piperidine rings is 1. The maximum atomic E-state index is 13.7. The zero-order valence-corrected chi connectivity index (χ0v) is 12.9. The van der Waals surface area contributed by atoms with Crippen LogP contribution in [-0.4, -0.2) is 50.6 Å². The highest BCUT2D eigenvalue weighted by Crippen LogP contribution is 2.26. The van der Waals surface area contributed by atoms with Crippen LogP contribution >= 0.6 is 0 Å². The zero-order valence-electron chi connectivity index (χ0n) is 12.9. The third-order valence-corrected chi connectivity index (χ3v) is 4.36. The number of nitrogens with zero attached hydrogens (tertiary/aromatic N) is 2. The van der Waals surface area contributed by atoms with E-state index in [4.69, 9.17) is 0 Å². The SMILES string of the molecule is CN1CCN(c2ccc(F)cc2/C=C2\CCCNC2=O)CC1. The number of nitrogens with one attached hydrogen (secondary N) is 1. The van der Waals surface area contributed by atoms with Gasteiger partial charge in [-0.1, -0.05) is 0 Å². The third kappa shape index (κ3) is 3.30. The first kappa shape index (κ1) is 15.0. The summed E-state index contributed by atoms with van der Waals surface area (Å²) in [5.74, 6) is -0.291. The minimum absolute atomic E-state index is 0.0279. The van der Waals surface area contributed by atoms with E-state index in [2.05, 4.69) is 22.2 Å². The Morgan fingerprint density at radius 2 is 2.00 bits per heavy atom. The van der Waals surface area contributed by atoms with Gasteiger partial charge in [-0.15, -0.1) is 0 Å². The molecule has 0 atom stereocenters. The molecule has 1 N–H and O–H groups in total. The van der Waals surface area contributed by atoms with E-state index in [9.17, 15) is 9.18 Å². The van der Waals surface area contributed by atoms with Crippen LogP contribution in [0.25, 0.3) is 6.08 Å². The van der Waals surface area contributed by atoms with Crippen LogP contribution in [0.15, 0.2) is 23.8 Å². The molecular formula is C17H22FN3O. The molecule has 0 radical (unpaired) electrons. The third-order valence-electron chi connectivity index (χ3n) is 4.36. The van der Waals surface area contributed by atoms with Crippen molar-refractivity contribution in [1.82, 2.24) is 10.2 Å². The van der Waals surface area contributed by atoms with E-state index in [1.807, 2.05) is 12.1 Å². The van der Waals surface area contributed by atoms with Gasteiger partial charge in [-0.2, -0.15) is 0 Å². The van der Waals surface area contributed by atoms with E-state index in [0.29, 0.717) is 0 Å². The summed E-state index contributed by atoms with van der Waals surface area (Å²) >= 11 is 0. The van der Waals surface area contributed by atoms with Gasteiger partial charge in [0.05, 0.1) is 0 Å². The Hall–Kier alpha value is -1.88. The summed E-state index contributed by atoms with van der Waals surface area (Å²) in [4.78, 5) is 16.5. The van der Waals surface area contributed by atoms with Crippen LogP contribution in [0.3, 0.4) is 0 Å². The molecular weight excluding hydrogens is 281 g/mol. The molecule has 4 nitrogen and oxygen atoms in total. The van der Waals surface area contributed by atoms with Crippen molar-refractivity contribution >= 4 is 17.7 Å². The maximum absolute atomic E-state index is 13.7. The lowest BCUT2D eigenvalue weighted by Crippen LogP contribution is -2.44. The Morgan fingerprint density at radius 1 is 1.23 bits per heavy atom. The van der Waals surface area contributed by atoms with Crippen LogP contribution in [0.5, 0.6) is 0 Å². The maximum Gasteiger partial charge on any atom is 0.247 e. The first-order valence-electron chi connectivity index (χ1n) is 7.85. The number of likely N-dealkylation sites (N-methyl/N-ethyl adjacent to an activating group) is 1. The van der Waals surface area contributed by atoms with E-state index in [0.717, 1.165) is 62.4 Å². The minimum atomic E-state index is -0.263. The highest BCUT2D eigenvalue weighted by Gasteiger charge is 2.19. The lowest BCUT2D eigenvalue weighted by atomic mass is 10.0. The Bertz CT molecular complexity index is 592. The molecule has 0 spiro atoms. The molecule has 2 saturated heterocycles. The van der Waals surface area contributed by atoms with Gasteiger partial charge in [0.25, 0.3) is 0 Å². The number of rotatable bonds is 2. The predicted molar refractivity (Wildman–Crippen MR) is 86.3 cm³/mol. The number of halogens is 1. The summed E-state index contributed by atoms with van der Waals surface area (Å²) in [6.45, 7) is 4.56. The molecule has 118 valence electrons. The van der Waals surface area contributed by atoms with E-state index in [1.165, 1.54) is 12.1 Å². The zero-order chi connectivity index (χ0) is 15.5. The van der Waals surface area contributed by atoms with E-state index >= 15 is 0 Å². The highest BCUT2D eigenvalue weighted by molar-refractivity contribution is 5.99. The van der Waals surface area contributed by atoms with Crippen molar-refractivity contribution in [2.24, 2.45) is 0 Å². The minimum Gasteiger partial charge on any atom is -0.368 e. The summed E-state index contributed by atoms with van der Waals surface area (Å²) in [7, 11) is 2.11. The summed E-state index contributed by atoms with van der Waals surface area (Å²) < 4.78 is 13.7. The molecule has 2 aliphatic rings. The topological polar surface area (TPSA) is 35.6 Å². The molecule has 2 heterocycles. The number of hydrogen-bond donors (Lipinski definition) is 1. The number of carbonyl (C=O) groups is 1. The van der Waals surface area contributed by atoms with Crippen molar-refractivity contribution in [1.29, 1.82) is 0 Å². The van der Waals surface area contributed by atoms with Crippen LogP contribution in [-0.2, 0) is 4.79 Å². The normalized spacial score (nSPS) is 22.0. The van der Waals surface area contributed by atoms with Crippen LogP contribution in [0, 0.1) is 5.82 Å². The fourth-order valence-corrected chi connectivity index (χ4v) is 3.01. The number of piperazine rings is 1. The molecule has 2 aliphatic heterocycles. The van der Waals surface area contributed by atoms with Crippen molar-refractivity contribution in [2.75, 3.05) is 44.7 Å². The second-order valence-corrected chi connectivity index (χ2v) is 6.02. The molecule has 0 aromatic heterocycles. The second-order valence-electron chi connectivity index (χ2n) is 6.02. The fourth-order valence-electron chi connectivity index (χ4n) is 3.01. The molecule has 5 heteroatoms. The van der Waals surface area contributed by atoms with Gasteiger partial charge in [0.1, 0.15) is 5.82 Å². The number of benzene rings is 1. The van der Waals surface area contributed by atoms with Gasteiger partial charge >= 0.3 is 0 Å². The number of amides is 1. The van der Waals surface area contributed by atoms with Gasteiger partial charge in [-0.05, 0) is 44.2 Å². The second kappa shape index (κ2) is 6.48. The van der Waals surface area contributed by atoms with Gasteiger partial charge in [0.15, 0.2) is 0 Å². The monoisotopic (exact) mass is 303 g/mol. The molecule has 1 amide bonds. The lowest BCUT2D eigenvalue weighted by molar-refractivity contribution is -0.118. The molecule has 2 fully saturated rings. The largest absolute Gasteiger partial charge is 0.368 e. The molecule has 22 heavy (non-hydrogen) atoms. The van der Waals surface area contributed by atoms with Crippen molar-refractivity contribution < 1.29 is 9.18 Å². The van der Waals surface area contributed by atoms with E-state index < -0.39 is 0 Å². The van der Waals surface area contributed by atoms with Crippen LogP contribution < -0.4 is 10.2 Å². The van der Waals surface area contributed by atoms with Gasteiger partial charge < -0.3 is 15.1 Å². The number of anilines is 1. The van der Waals surface area contributed by atoms with Crippen molar-refractivity contribution in [3.05, 3.63) is 35.2 Å². The quantitative estimate of drug-likeness (QED) is 0.847. The summed E-state index contributed by atoms with van der Waals surface area (Å²) in [6, 6.07) is 4.85. The van der Waals surface area contributed by atoms with Gasteiger partial charge in [0, 0.05) is 49.5 Å². The molecule has 0 aliphatic carbocycles. The first-order chi connectivity index (χ1) is 10.6. The number of carbonyl (C=O) groups excluding carboxylic acids is 1. The van der Waals surface area contributed by atoms with Gasteiger partial charge in [-0.3, -0.25) is 4.79 Å². The average Bonchev–Trinajstić information content (AvgIpc) is 2.51. The molecule has 3 rings (SSSR count). The molecule has 0 saturated carbocycles. The van der Waals surface area contributed by atoms with Gasteiger partial charge in [0.2, 0.25) is 5.91 Å². The van der Waals surface area contributed by atoms with E-state index in [1.54, 1.807) is 0 Å². The Kier molecular flexibility index (Phi) is 4.43. The predicted octanol–water partition coefficient (Wildman–Crippen LogP) is 1.87. The standard InChI is InChI=1S/C17H22FN3O/c1-20-7-9-21(10-8-20)16-5-4-15(18)12-14(16)11-13-3-2-6-19-17(13)22/h4-5,11-12H,2-3,6-10H2,1H3,(H,19,22)/b13-11+. The van der Waals surface area contributed by atoms with Crippen LogP contribution in [0.2, 0.25) is 0 Å². The Morgan fingerprint density at radius 3 is 2.73 bits per heavy atom. The van der Waals surface area contributed by atoms with Gasteiger partial charge in [-0.25, -0.2) is 4.39 Å². The number of hydrogen-bond acceptors (Lipinski definition) is 3. The van der Waals surface area contributed by atoms with Crippen molar-refractivity contribution in [3.63, 3.8) is 0 Å². The molecule has 1 aromatic carbocycles. The average molecular weight is 303 g/mol. The molecule has 0 unspecified atom stereocenters. The summed E-state index contributed by atoms with van der Waals surface area (Å²) in [5, 5.41) is 2.85. The smallest absolute Gasteiger partial charge is 0.247 e. The van der Waals surface area contributed by atoms with Crippen molar-refractivity contribution in [3.8, 4) is 0 Å². The molecule has 1 aromatic rings. The first-order valence-corrected chi connectivity index (χ1v) is 7.85. The van der Waals surface area contributed by atoms with E-state index in [-0.39, 0.29) is 11.7 Å². The van der Waals surface area contributed by atoms with Crippen LogP contribution in [0.4, 0.5) is 10.1 Å². The fraction of sp³-hybridized carbons (Fsp3) is 0.471. The Labute approximate surface area is 130 Å². The Balaban J connectivity index is 1.91. The highest BCUT2D eigenvalue weighted by atomic mass is 19.1. The lowest BCUT2D eigenvalue weighted by Gasteiger charge is -2.35.